The lowest BCUT2D eigenvalue weighted by Crippen LogP contribution is -2.35. The zero-order valence-corrected chi connectivity index (χ0v) is 15.2. The molecule has 0 aliphatic carbocycles. The topological polar surface area (TPSA) is 90.7 Å². The molecule has 1 atom stereocenters. The number of rotatable bonds is 6. The predicted octanol–water partition coefficient (Wildman–Crippen LogP) is 1.38. The van der Waals surface area contributed by atoms with E-state index in [1.54, 1.807) is 6.20 Å². The van der Waals surface area contributed by atoms with Crippen LogP contribution < -0.4 is 0 Å². The lowest BCUT2D eigenvalue weighted by Gasteiger charge is -2.31. The Kier molecular flexibility index (Phi) is 4.79. The van der Waals surface area contributed by atoms with E-state index in [1.807, 2.05) is 30.9 Å². The Hall–Kier alpha value is -2.55. The summed E-state index contributed by atoms with van der Waals surface area (Å²) in [6, 6.07) is 1.91. The Morgan fingerprint density at radius 2 is 2.19 bits per heavy atom. The average molecular weight is 356 g/mol. The molecular weight excluding hydrogens is 332 g/mol. The highest BCUT2D eigenvalue weighted by atomic mass is 16.5. The Bertz CT molecular complexity index is 837. The minimum Gasteiger partial charge on any atom is -0.338 e. The SMILES string of the molecule is CCc1noc(CN2CCC[C@@H](c3nnc(Cn4cccn4)n3C)C2)n1. The van der Waals surface area contributed by atoms with Gasteiger partial charge in [0.15, 0.2) is 11.6 Å². The van der Waals surface area contributed by atoms with Crippen LogP contribution in [0.5, 0.6) is 0 Å². The first-order valence-electron chi connectivity index (χ1n) is 9.12. The summed E-state index contributed by atoms with van der Waals surface area (Å²) in [6.45, 7) is 5.33. The maximum atomic E-state index is 5.34. The van der Waals surface area contributed by atoms with Gasteiger partial charge in [0.25, 0.3) is 0 Å². The molecule has 0 radical (unpaired) electrons. The summed E-state index contributed by atoms with van der Waals surface area (Å²) in [5, 5.41) is 17.1. The number of nitrogens with zero attached hydrogens (tertiary/aromatic N) is 8. The molecule has 0 N–H and O–H groups in total. The molecule has 0 aromatic carbocycles. The van der Waals surface area contributed by atoms with E-state index in [-0.39, 0.29) is 0 Å². The fourth-order valence-corrected chi connectivity index (χ4v) is 3.51. The molecule has 0 spiro atoms. The second kappa shape index (κ2) is 7.36. The Balaban J connectivity index is 1.43. The predicted molar refractivity (Wildman–Crippen MR) is 93.3 cm³/mol. The van der Waals surface area contributed by atoms with Gasteiger partial charge in [-0.05, 0) is 25.5 Å². The van der Waals surface area contributed by atoms with Gasteiger partial charge < -0.3 is 9.09 Å². The van der Waals surface area contributed by atoms with Crippen LogP contribution in [0.15, 0.2) is 23.0 Å². The third kappa shape index (κ3) is 3.52. The summed E-state index contributed by atoms with van der Waals surface area (Å²) < 4.78 is 9.31. The van der Waals surface area contributed by atoms with Crippen LogP contribution in [-0.2, 0) is 26.6 Å². The maximum Gasteiger partial charge on any atom is 0.240 e. The molecule has 9 heteroatoms. The molecule has 0 amide bonds. The van der Waals surface area contributed by atoms with Crippen LogP contribution in [0.4, 0.5) is 0 Å². The first-order chi connectivity index (χ1) is 12.7. The molecule has 3 aromatic heterocycles. The van der Waals surface area contributed by atoms with Crippen LogP contribution in [0.2, 0.25) is 0 Å². The van der Waals surface area contributed by atoms with Crippen LogP contribution in [0.3, 0.4) is 0 Å². The highest BCUT2D eigenvalue weighted by molar-refractivity contribution is 5.04. The van der Waals surface area contributed by atoms with Crippen molar-refractivity contribution >= 4 is 0 Å². The summed E-state index contributed by atoms with van der Waals surface area (Å²) in [7, 11) is 2.04. The number of likely N-dealkylation sites (tertiary alicyclic amines) is 1. The Morgan fingerprint density at radius 3 is 2.96 bits per heavy atom. The quantitative estimate of drug-likeness (QED) is 0.659. The first kappa shape index (κ1) is 16.9. The minimum absolute atomic E-state index is 0.362. The van der Waals surface area contributed by atoms with Crippen LogP contribution >= 0.6 is 0 Å². The summed E-state index contributed by atoms with van der Waals surface area (Å²) in [4.78, 5) is 6.79. The van der Waals surface area contributed by atoms with Crippen molar-refractivity contribution in [2.24, 2.45) is 7.05 Å². The van der Waals surface area contributed by atoms with Gasteiger partial charge >= 0.3 is 0 Å². The van der Waals surface area contributed by atoms with Gasteiger partial charge in [0.1, 0.15) is 12.4 Å². The zero-order chi connectivity index (χ0) is 17.9. The van der Waals surface area contributed by atoms with E-state index in [0.717, 1.165) is 49.8 Å². The second-order valence-electron chi connectivity index (χ2n) is 6.77. The smallest absolute Gasteiger partial charge is 0.240 e. The van der Waals surface area contributed by atoms with Gasteiger partial charge in [-0.3, -0.25) is 9.58 Å². The number of aryl methyl sites for hydroxylation is 1. The van der Waals surface area contributed by atoms with E-state index in [4.69, 9.17) is 4.52 Å². The fourth-order valence-electron chi connectivity index (χ4n) is 3.51. The van der Waals surface area contributed by atoms with Crippen molar-refractivity contribution in [2.45, 2.75) is 45.2 Å². The lowest BCUT2D eigenvalue weighted by molar-refractivity contribution is 0.173. The van der Waals surface area contributed by atoms with Crippen LogP contribution in [0, 0.1) is 0 Å². The normalized spacial score (nSPS) is 18.5. The molecule has 4 heterocycles. The molecule has 1 saturated heterocycles. The standard InChI is InChI=1S/C17H24N8O/c1-3-14-19-16(26-22-14)12-24-8-4-6-13(10-24)17-21-20-15(23(17)2)11-25-9-5-7-18-25/h5,7,9,13H,3-4,6,8,10-12H2,1-2H3/t13-/m1/s1. The van der Waals surface area contributed by atoms with Crippen LogP contribution in [-0.4, -0.2) is 52.7 Å². The summed E-state index contributed by atoms with van der Waals surface area (Å²) >= 11 is 0. The summed E-state index contributed by atoms with van der Waals surface area (Å²) in [5.74, 6) is 3.79. The van der Waals surface area contributed by atoms with E-state index < -0.39 is 0 Å². The highest BCUT2D eigenvalue weighted by Gasteiger charge is 2.27. The van der Waals surface area contributed by atoms with Gasteiger partial charge in [-0.15, -0.1) is 10.2 Å². The molecule has 1 aliphatic rings. The first-order valence-corrected chi connectivity index (χ1v) is 9.12. The monoisotopic (exact) mass is 356 g/mol. The van der Waals surface area contributed by atoms with Gasteiger partial charge in [-0.2, -0.15) is 10.1 Å². The summed E-state index contributed by atoms with van der Waals surface area (Å²) in [6.07, 6.45) is 6.75. The molecule has 4 rings (SSSR count). The Morgan fingerprint density at radius 1 is 1.27 bits per heavy atom. The van der Waals surface area contributed by atoms with E-state index >= 15 is 0 Å². The van der Waals surface area contributed by atoms with E-state index in [1.165, 1.54) is 0 Å². The van der Waals surface area contributed by atoms with Gasteiger partial charge in [0.05, 0.1) is 6.54 Å². The molecular formula is C17H24N8O. The summed E-state index contributed by atoms with van der Waals surface area (Å²) in [5.41, 5.74) is 0. The number of hydrogen-bond donors (Lipinski definition) is 0. The lowest BCUT2D eigenvalue weighted by atomic mass is 9.97. The van der Waals surface area contributed by atoms with Crippen molar-refractivity contribution in [3.05, 3.63) is 41.8 Å². The fraction of sp³-hybridized carbons (Fsp3) is 0.588. The highest BCUT2D eigenvalue weighted by Crippen LogP contribution is 2.26. The van der Waals surface area contributed by atoms with Gasteiger partial charge in [-0.25, -0.2) is 0 Å². The third-order valence-electron chi connectivity index (χ3n) is 4.92. The van der Waals surface area contributed by atoms with E-state index in [0.29, 0.717) is 24.9 Å². The molecule has 0 unspecified atom stereocenters. The molecule has 9 nitrogen and oxygen atoms in total. The zero-order valence-electron chi connectivity index (χ0n) is 15.2. The molecule has 0 saturated carbocycles. The van der Waals surface area contributed by atoms with E-state index in [9.17, 15) is 0 Å². The van der Waals surface area contributed by atoms with Gasteiger partial charge in [0.2, 0.25) is 5.89 Å². The van der Waals surface area contributed by atoms with Gasteiger partial charge in [-0.1, -0.05) is 12.1 Å². The Labute approximate surface area is 152 Å². The average Bonchev–Trinajstić information content (AvgIpc) is 3.39. The van der Waals surface area contributed by atoms with E-state index in [2.05, 4.69) is 34.9 Å². The second-order valence-corrected chi connectivity index (χ2v) is 6.77. The largest absolute Gasteiger partial charge is 0.338 e. The number of hydrogen-bond acceptors (Lipinski definition) is 7. The van der Waals surface area contributed by atoms with Crippen molar-refractivity contribution in [1.82, 2.24) is 39.6 Å². The van der Waals surface area contributed by atoms with Crippen LogP contribution in [0.25, 0.3) is 0 Å². The molecule has 1 fully saturated rings. The van der Waals surface area contributed by atoms with Crippen molar-refractivity contribution in [2.75, 3.05) is 13.1 Å². The number of aromatic nitrogens is 7. The molecule has 3 aromatic rings. The molecule has 138 valence electrons. The minimum atomic E-state index is 0.362. The third-order valence-corrected chi connectivity index (χ3v) is 4.92. The van der Waals surface area contributed by atoms with Gasteiger partial charge in [0, 0.05) is 38.3 Å². The van der Waals surface area contributed by atoms with Crippen LogP contribution in [0.1, 0.15) is 49.0 Å². The molecule has 26 heavy (non-hydrogen) atoms. The van der Waals surface area contributed by atoms with Crippen molar-refractivity contribution in [3.63, 3.8) is 0 Å². The maximum absolute atomic E-state index is 5.34. The van der Waals surface area contributed by atoms with Crippen molar-refractivity contribution < 1.29 is 4.52 Å². The number of piperidine rings is 1. The molecule has 0 bridgehead atoms. The van der Waals surface area contributed by atoms with Crippen molar-refractivity contribution in [1.29, 1.82) is 0 Å². The molecule has 1 aliphatic heterocycles. The van der Waals surface area contributed by atoms with Crippen molar-refractivity contribution in [3.8, 4) is 0 Å².